The molecule has 1 fully saturated rings. The van der Waals surface area contributed by atoms with Crippen molar-refractivity contribution < 1.29 is 13.5 Å². The van der Waals surface area contributed by atoms with E-state index in [2.05, 4.69) is 10.2 Å². The predicted molar refractivity (Wildman–Crippen MR) is 155 cm³/mol. The average molecular weight is 545 g/mol. The molecule has 40 heavy (non-hydrogen) atoms. The maximum absolute atomic E-state index is 14.6. The summed E-state index contributed by atoms with van der Waals surface area (Å²) < 4.78 is 36.4. The van der Waals surface area contributed by atoms with Crippen molar-refractivity contribution in [3.05, 3.63) is 81.4 Å². The van der Waals surface area contributed by atoms with Crippen LogP contribution in [0.25, 0.3) is 22.0 Å². The summed E-state index contributed by atoms with van der Waals surface area (Å²) in [7, 11) is 3.34. The minimum Gasteiger partial charge on any atom is -0.497 e. The molecule has 0 unspecified atom stereocenters. The Morgan fingerprint density at radius 3 is 2.58 bits per heavy atom. The molecule has 0 bridgehead atoms. The van der Waals surface area contributed by atoms with E-state index in [1.54, 1.807) is 37.9 Å². The van der Waals surface area contributed by atoms with Crippen LogP contribution in [0, 0.1) is 6.92 Å². The maximum atomic E-state index is 14.6. The molecule has 4 aromatic rings. The Bertz CT molecular complexity index is 1630. The summed E-state index contributed by atoms with van der Waals surface area (Å²) >= 11 is 0. The van der Waals surface area contributed by atoms with E-state index in [0.717, 1.165) is 72.3 Å². The Morgan fingerprint density at radius 1 is 1.07 bits per heavy atom. The van der Waals surface area contributed by atoms with E-state index in [1.165, 1.54) is 0 Å². The van der Waals surface area contributed by atoms with Crippen LogP contribution in [0.15, 0.2) is 53.5 Å². The zero-order valence-electron chi connectivity index (χ0n) is 23.1. The van der Waals surface area contributed by atoms with Crippen LogP contribution in [0.1, 0.15) is 54.0 Å². The van der Waals surface area contributed by atoms with Crippen LogP contribution >= 0.6 is 0 Å². The number of methoxy groups -OCH3 is 1. The second kappa shape index (κ2) is 10.7. The van der Waals surface area contributed by atoms with Crippen LogP contribution in [0.5, 0.6) is 5.75 Å². The van der Waals surface area contributed by atoms with Crippen LogP contribution in [-0.2, 0) is 13.5 Å². The number of ether oxygens (including phenoxy) is 1. The van der Waals surface area contributed by atoms with Gasteiger partial charge in [-0.3, -0.25) is 9.78 Å². The molecular weight excluding hydrogens is 510 g/mol. The highest BCUT2D eigenvalue weighted by Crippen LogP contribution is 2.44. The van der Waals surface area contributed by atoms with Crippen LogP contribution in [0.2, 0.25) is 0 Å². The van der Waals surface area contributed by atoms with Gasteiger partial charge in [-0.25, -0.2) is 8.78 Å². The Morgan fingerprint density at radius 2 is 1.88 bits per heavy atom. The summed E-state index contributed by atoms with van der Waals surface area (Å²) in [6, 6.07) is 13.2. The van der Waals surface area contributed by atoms with Crippen molar-refractivity contribution in [3.8, 4) is 16.9 Å². The molecule has 0 atom stereocenters. The number of piperidine rings is 1. The lowest BCUT2D eigenvalue weighted by molar-refractivity contribution is 0.152. The van der Waals surface area contributed by atoms with Crippen molar-refractivity contribution in [2.24, 2.45) is 7.05 Å². The van der Waals surface area contributed by atoms with Crippen molar-refractivity contribution >= 4 is 22.3 Å². The van der Waals surface area contributed by atoms with Crippen molar-refractivity contribution in [1.29, 1.82) is 0 Å². The Balaban J connectivity index is 1.46. The van der Waals surface area contributed by atoms with Crippen molar-refractivity contribution in [1.82, 2.24) is 14.9 Å². The number of hydrogen-bond acceptors (Lipinski definition) is 5. The van der Waals surface area contributed by atoms with Gasteiger partial charge in [0, 0.05) is 71.3 Å². The Labute approximate surface area is 232 Å². The van der Waals surface area contributed by atoms with Gasteiger partial charge in [-0.05, 0) is 81.1 Å². The number of pyridine rings is 2. The van der Waals surface area contributed by atoms with Crippen LogP contribution in [0.4, 0.5) is 20.2 Å². The van der Waals surface area contributed by atoms with E-state index < -0.39 is 6.43 Å². The number of fused-ring (bicyclic) bond motifs is 2. The molecule has 2 aliphatic rings. The first-order chi connectivity index (χ1) is 19.4. The minimum atomic E-state index is -2.64. The zero-order valence-corrected chi connectivity index (χ0v) is 23.1. The number of nitrogens with one attached hydrogen (secondary N) is 1. The Kier molecular flexibility index (Phi) is 7.04. The molecule has 6 rings (SSSR count). The van der Waals surface area contributed by atoms with Gasteiger partial charge in [-0.2, -0.15) is 0 Å². The lowest BCUT2D eigenvalue weighted by Gasteiger charge is -2.34. The van der Waals surface area contributed by atoms with E-state index in [0.29, 0.717) is 34.9 Å². The van der Waals surface area contributed by atoms with Gasteiger partial charge in [0.15, 0.2) is 0 Å². The summed E-state index contributed by atoms with van der Waals surface area (Å²) in [5, 5.41) is 4.26. The predicted octanol–water partition coefficient (Wildman–Crippen LogP) is 6.41. The summed E-state index contributed by atoms with van der Waals surface area (Å²) in [4.78, 5) is 19.5. The Hall–Kier alpha value is -3.78. The van der Waals surface area contributed by atoms with E-state index in [9.17, 15) is 13.6 Å². The SMILES string of the molecule is COc1cc(N2CCCc3cc(-c4ccc(C5CCNCC5)nc4)c(C(F)F)cc32)c2cc(C)c(=O)n(C)c2c1. The lowest BCUT2D eigenvalue weighted by Crippen LogP contribution is -2.27. The number of aryl methyl sites for hydroxylation is 3. The number of alkyl halides is 2. The molecular formula is C32H34F2N4O2. The molecule has 2 aliphatic heterocycles. The molecule has 0 spiro atoms. The number of aromatic nitrogens is 2. The number of halogens is 2. The third kappa shape index (κ3) is 4.64. The number of anilines is 2. The van der Waals surface area contributed by atoms with Gasteiger partial charge in [-0.1, -0.05) is 6.07 Å². The van der Waals surface area contributed by atoms with Crippen molar-refractivity contribution in [2.45, 2.75) is 45.0 Å². The molecule has 1 saturated heterocycles. The summed E-state index contributed by atoms with van der Waals surface area (Å²) in [5.74, 6) is 1.02. The highest BCUT2D eigenvalue weighted by atomic mass is 19.3. The molecule has 208 valence electrons. The average Bonchev–Trinajstić information content (AvgIpc) is 2.99. The molecule has 2 aromatic carbocycles. The van der Waals surface area contributed by atoms with Gasteiger partial charge in [0.2, 0.25) is 0 Å². The summed E-state index contributed by atoms with van der Waals surface area (Å²) in [6.45, 7) is 4.42. The number of benzene rings is 2. The fraction of sp³-hybridized carbons (Fsp3) is 0.375. The minimum absolute atomic E-state index is 0.00199. The molecule has 0 amide bonds. The van der Waals surface area contributed by atoms with Gasteiger partial charge in [0.05, 0.1) is 18.3 Å². The fourth-order valence-electron chi connectivity index (χ4n) is 6.27. The second-order valence-corrected chi connectivity index (χ2v) is 10.9. The number of nitrogens with zero attached hydrogens (tertiary/aromatic N) is 3. The normalized spacial score (nSPS) is 16.0. The van der Waals surface area contributed by atoms with E-state index in [1.807, 2.05) is 36.4 Å². The number of rotatable bonds is 5. The summed E-state index contributed by atoms with van der Waals surface area (Å²) in [5.41, 5.74) is 6.20. The lowest BCUT2D eigenvalue weighted by atomic mass is 9.90. The monoisotopic (exact) mass is 544 g/mol. The van der Waals surface area contributed by atoms with Crippen molar-refractivity contribution in [3.63, 3.8) is 0 Å². The van der Waals surface area contributed by atoms with Gasteiger partial charge in [-0.15, -0.1) is 0 Å². The molecule has 4 heterocycles. The van der Waals surface area contributed by atoms with E-state index >= 15 is 0 Å². The fourth-order valence-corrected chi connectivity index (χ4v) is 6.27. The van der Waals surface area contributed by atoms with Gasteiger partial charge in [0.25, 0.3) is 12.0 Å². The summed E-state index contributed by atoms with van der Waals surface area (Å²) in [6.07, 6.45) is 2.86. The highest BCUT2D eigenvalue weighted by Gasteiger charge is 2.26. The first kappa shape index (κ1) is 26.4. The smallest absolute Gasteiger partial charge is 0.264 e. The molecule has 2 aromatic heterocycles. The van der Waals surface area contributed by atoms with Gasteiger partial charge < -0.3 is 19.5 Å². The molecule has 6 nitrogen and oxygen atoms in total. The first-order valence-electron chi connectivity index (χ1n) is 13.9. The number of hydrogen-bond donors (Lipinski definition) is 1. The van der Waals surface area contributed by atoms with Crippen LogP contribution in [0.3, 0.4) is 0 Å². The maximum Gasteiger partial charge on any atom is 0.264 e. The molecule has 8 heteroatoms. The third-order valence-corrected chi connectivity index (χ3v) is 8.46. The largest absolute Gasteiger partial charge is 0.497 e. The molecule has 0 aliphatic carbocycles. The van der Waals surface area contributed by atoms with Crippen LogP contribution < -0.4 is 20.5 Å². The van der Waals surface area contributed by atoms with Gasteiger partial charge >= 0.3 is 0 Å². The second-order valence-electron chi connectivity index (χ2n) is 10.9. The molecule has 1 N–H and O–H groups in total. The molecule has 0 saturated carbocycles. The van der Waals surface area contributed by atoms with E-state index in [-0.39, 0.29) is 11.1 Å². The molecule has 0 radical (unpaired) electrons. The third-order valence-electron chi connectivity index (χ3n) is 8.46. The topological polar surface area (TPSA) is 59.4 Å². The quantitative estimate of drug-likeness (QED) is 0.315. The highest BCUT2D eigenvalue weighted by molar-refractivity contribution is 5.96. The van der Waals surface area contributed by atoms with Gasteiger partial charge in [0.1, 0.15) is 5.75 Å². The van der Waals surface area contributed by atoms with E-state index in [4.69, 9.17) is 9.72 Å². The first-order valence-corrected chi connectivity index (χ1v) is 13.9. The zero-order chi connectivity index (χ0) is 28.0. The van der Waals surface area contributed by atoms with Crippen LogP contribution in [-0.4, -0.2) is 36.3 Å². The van der Waals surface area contributed by atoms with Crippen molar-refractivity contribution in [2.75, 3.05) is 31.6 Å². The standard InChI is InChI=1S/C32H34F2N4O2/c1-19-13-26-29(37(2)32(19)39)15-23(40-3)16-30(26)38-12-4-5-21-14-24(25(31(33)34)17-28(21)38)22-6-7-27(36-18-22)20-8-10-35-11-9-20/h6-7,13-18,20,31,35H,4-5,8-12H2,1-3H3.